The molecule has 0 spiro atoms. The lowest BCUT2D eigenvalue weighted by Crippen LogP contribution is -1.94. The molecule has 1 rings (SSSR count). The summed E-state index contributed by atoms with van der Waals surface area (Å²) in [4.78, 5) is 3.98. The Hall–Kier alpha value is -0.610. The van der Waals surface area contributed by atoms with E-state index in [0.717, 1.165) is 10.2 Å². The molecule has 1 heterocycles. The van der Waals surface area contributed by atoms with E-state index in [1.165, 1.54) is 0 Å². The maximum absolute atomic E-state index is 8.53. The Morgan fingerprint density at radius 3 is 2.90 bits per heavy atom. The first kappa shape index (κ1) is 7.50. The quantitative estimate of drug-likeness (QED) is 0.685. The van der Waals surface area contributed by atoms with Crippen molar-refractivity contribution in [3.05, 3.63) is 22.4 Å². The van der Waals surface area contributed by atoms with Crippen molar-refractivity contribution in [2.45, 2.75) is 6.92 Å². The van der Waals surface area contributed by atoms with E-state index >= 15 is 0 Å². The van der Waals surface area contributed by atoms with Crippen LogP contribution in [0.1, 0.15) is 5.69 Å². The van der Waals surface area contributed by atoms with E-state index < -0.39 is 0 Å². The Morgan fingerprint density at radius 1 is 1.70 bits per heavy atom. The number of aromatic nitrogens is 1. The Bertz CT molecular complexity index is 239. The molecule has 1 aromatic rings. The topological polar surface area (TPSA) is 45.2 Å². The number of nitrogens with one attached hydrogen (secondary N) is 1. The Labute approximate surface area is 67.2 Å². The van der Waals surface area contributed by atoms with Crippen molar-refractivity contribution in [1.29, 1.82) is 0 Å². The number of anilines is 1. The minimum absolute atomic E-state index is 0.620. The van der Waals surface area contributed by atoms with Gasteiger partial charge in [-0.2, -0.15) is 0 Å². The monoisotopic (exact) mass is 202 g/mol. The first-order valence-corrected chi connectivity index (χ1v) is 3.55. The lowest BCUT2D eigenvalue weighted by molar-refractivity contribution is 0.388. The summed E-state index contributed by atoms with van der Waals surface area (Å²) in [6.07, 6.45) is 1.68. The number of aryl methyl sites for hydroxylation is 1. The first-order valence-electron chi connectivity index (χ1n) is 2.76. The molecule has 0 unspecified atom stereocenters. The van der Waals surface area contributed by atoms with Crippen LogP contribution in [-0.2, 0) is 0 Å². The second-order valence-electron chi connectivity index (χ2n) is 1.90. The molecule has 0 aliphatic heterocycles. The molecule has 0 amide bonds. The van der Waals surface area contributed by atoms with E-state index in [1.54, 1.807) is 12.3 Å². The van der Waals surface area contributed by atoms with E-state index in [0.29, 0.717) is 5.69 Å². The van der Waals surface area contributed by atoms with E-state index in [4.69, 9.17) is 5.21 Å². The minimum Gasteiger partial charge on any atom is -0.291 e. The number of pyridine rings is 1. The molecule has 2 N–H and O–H groups in total. The number of hydrogen-bond donors (Lipinski definition) is 2. The van der Waals surface area contributed by atoms with Gasteiger partial charge in [-0.05, 0) is 28.9 Å². The fourth-order valence-corrected chi connectivity index (χ4v) is 0.952. The van der Waals surface area contributed by atoms with Gasteiger partial charge in [-0.3, -0.25) is 15.7 Å². The predicted octanol–water partition coefficient (Wildman–Crippen LogP) is 1.95. The summed E-state index contributed by atoms with van der Waals surface area (Å²) >= 11 is 3.22. The highest BCUT2D eigenvalue weighted by molar-refractivity contribution is 9.10. The molecule has 10 heavy (non-hydrogen) atoms. The SMILES string of the molecule is Cc1ncc(Br)cc1NO. The van der Waals surface area contributed by atoms with Crippen molar-refractivity contribution in [3.63, 3.8) is 0 Å². The van der Waals surface area contributed by atoms with E-state index in [9.17, 15) is 0 Å². The van der Waals surface area contributed by atoms with Crippen molar-refractivity contribution in [3.8, 4) is 0 Å². The predicted molar refractivity (Wildman–Crippen MR) is 42.1 cm³/mol. The summed E-state index contributed by atoms with van der Waals surface area (Å²) in [5, 5.41) is 8.53. The van der Waals surface area contributed by atoms with Gasteiger partial charge >= 0.3 is 0 Å². The highest BCUT2D eigenvalue weighted by Crippen LogP contribution is 2.16. The number of nitrogens with zero attached hydrogens (tertiary/aromatic N) is 1. The van der Waals surface area contributed by atoms with Gasteiger partial charge < -0.3 is 0 Å². The van der Waals surface area contributed by atoms with Crippen LogP contribution in [0.2, 0.25) is 0 Å². The van der Waals surface area contributed by atoms with Crippen LogP contribution in [0.5, 0.6) is 0 Å². The van der Waals surface area contributed by atoms with Crippen LogP contribution in [0.4, 0.5) is 5.69 Å². The van der Waals surface area contributed by atoms with Crippen LogP contribution in [-0.4, -0.2) is 10.2 Å². The Balaban J connectivity index is 3.09. The standard InChI is InChI=1S/C6H7BrN2O/c1-4-6(9-10)2-5(7)3-8-4/h2-3,9-10H,1H3. The molecule has 54 valence electrons. The van der Waals surface area contributed by atoms with Crippen LogP contribution in [0, 0.1) is 6.92 Å². The van der Waals surface area contributed by atoms with Gasteiger partial charge in [-0.15, -0.1) is 0 Å². The third-order valence-corrected chi connectivity index (χ3v) is 1.61. The fraction of sp³-hybridized carbons (Fsp3) is 0.167. The van der Waals surface area contributed by atoms with Gasteiger partial charge in [0.1, 0.15) is 0 Å². The van der Waals surface area contributed by atoms with Gasteiger partial charge in [0.25, 0.3) is 0 Å². The van der Waals surface area contributed by atoms with Crippen LogP contribution in [0.3, 0.4) is 0 Å². The van der Waals surface area contributed by atoms with Crippen molar-refractivity contribution < 1.29 is 5.21 Å². The molecule has 0 atom stereocenters. The van der Waals surface area contributed by atoms with Gasteiger partial charge in [0.15, 0.2) is 0 Å². The van der Waals surface area contributed by atoms with Gasteiger partial charge in [-0.1, -0.05) is 0 Å². The van der Waals surface area contributed by atoms with Gasteiger partial charge in [-0.25, -0.2) is 0 Å². The average molecular weight is 203 g/mol. The molecule has 3 nitrogen and oxygen atoms in total. The molecular weight excluding hydrogens is 196 g/mol. The van der Waals surface area contributed by atoms with Gasteiger partial charge in [0.2, 0.25) is 0 Å². The number of hydrogen-bond acceptors (Lipinski definition) is 3. The summed E-state index contributed by atoms with van der Waals surface area (Å²) in [5.74, 6) is 0. The summed E-state index contributed by atoms with van der Waals surface area (Å²) in [6.45, 7) is 1.81. The third kappa shape index (κ3) is 1.46. The van der Waals surface area contributed by atoms with Gasteiger partial charge in [0, 0.05) is 10.7 Å². The van der Waals surface area contributed by atoms with Gasteiger partial charge in [0.05, 0.1) is 11.4 Å². The zero-order chi connectivity index (χ0) is 7.56. The Kier molecular flexibility index (Phi) is 2.24. The van der Waals surface area contributed by atoms with Crippen LogP contribution >= 0.6 is 15.9 Å². The summed E-state index contributed by atoms with van der Waals surface area (Å²) in [5.41, 5.74) is 3.43. The molecule has 0 aromatic carbocycles. The summed E-state index contributed by atoms with van der Waals surface area (Å²) < 4.78 is 0.842. The maximum atomic E-state index is 8.53. The largest absolute Gasteiger partial charge is 0.291 e. The number of halogens is 1. The van der Waals surface area contributed by atoms with E-state index in [1.807, 2.05) is 12.4 Å². The maximum Gasteiger partial charge on any atom is 0.0825 e. The first-order chi connectivity index (χ1) is 4.74. The van der Waals surface area contributed by atoms with Crippen LogP contribution < -0.4 is 5.48 Å². The molecule has 0 saturated heterocycles. The fourth-order valence-electron chi connectivity index (χ4n) is 0.621. The minimum atomic E-state index is 0.620. The molecule has 0 fully saturated rings. The Morgan fingerprint density at radius 2 is 2.40 bits per heavy atom. The zero-order valence-corrected chi connectivity index (χ0v) is 7.01. The molecule has 0 bridgehead atoms. The summed E-state index contributed by atoms with van der Waals surface area (Å²) in [7, 11) is 0. The third-order valence-electron chi connectivity index (χ3n) is 1.17. The van der Waals surface area contributed by atoms with Crippen molar-refractivity contribution in [2.24, 2.45) is 0 Å². The molecule has 1 aromatic heterocycles. The zero-order valence-electron chi connectivity index (χ0n) is 5.43. The normalized spacial score (nSPS) is 9.50. The van der Waals surface area contributed by atoms with Crippen molar-refractivity contribution in [1.82, 2.24) is 4.98 Å². The molecule has 0 radical (unpaired) electrons. The number of rotatable bonds is 1. The highest BCUT2D eigenvalue weighted by Gasteiger charge is 1.96. The van der Waals surface area contributed by atoms with E-state index in [2.05, 4.69) is 20.9 Å². The molecule has 0 saturated carbocycles. The summed E-state index contributed by atoms with van der Waals surface area (Å²) in [6, 6.07) is 1.75. The molecular formula is C6H7BrN2O. The average Bonchev–Trinajstić information content (AvgIpc) is 1.94. The van der Waals surface area contributed by atoms with E-state index in [-0.39, 0.29) is 0 Å². The van der Waals surface area contributed by atoms with Crippen LogP contribution in [0.15, 0.2) is 16.7 Å². The molecule has 0 aliphatic rings. The van der Waals surface area contributed by atoms with Crippen LogP contribution in [0.25, 0.3) is 0 Å². The highest BCUT2D eigenvalue weighted by atomic mass is 79.9. The second kappa shape index (κ2) is 2.98. The molecule has 4 heteroatoms. The van der Waals surface area contributed by atoms with Crippen molar-refractivity contribution >= 4 is 21.6 Å². The van der Waals surface area contributed by atoms with Crippen molar-refractivity contribution in [2.75, 3.05) is 5.48 Å². The lowest BCUT2D eigenvalue weighted by Gasteiger charge is -2.01. The lowest BCUT2D eigenvalue weighted by atomic mass is 10.3. The smallest absolute Gasteiger partial charge is 0.0825 e. The molecule has 0 aliphatic carbocycles. The second-order valence-corrected chi connectivity index (χ2v) is 2.81.